The van der Waals surface area contributed by atoms with Gasteiger partial charge in [0.05, 0.1) is 0 Å². The molecule has 0 radical (unpaired) electrons. The first kappa shape index (κ1) is 15.6. The highest BCUT2D eigenvalue weighted by Gasteiger charge is 2.19. The maximum absolute atomic E-state index is 11.8. The van der Waals surface area contributed by atoms with Crippen molar-refractivity contribution in [1.29, 1.82) is 0 Å². The van der Waals surface area contributed by atoms with Gasteiger partial charge in [-0.15, -0.1) is 0 Å². The molecule has 1 aromatic rings. The van der Waals surface area contributed by atoms with Crippen molar-refractivity contribution < 1.29 is 14.4 Å². The van der Waals surface area contributed by atoms with Gasteiger partial charge in [0, 0.05) is 31.4 Å². The van der Waals surface area contributed by atoms with Crippen LogP contribution in [0, 0.1) is 0 Å². The summed E-state index contributed by atoms with van der Waals surface area (Å²) in [5.41, 5.74) is -0.395. The molecule has 1 heterocycles. The van der Waals surface area contributed by atoms with Gasteiger partial charge in [-0.25, -0.2) is 0 Å². The molecule has 0 saturated heterocycles. The number of carbonyl (C=O) groups is 1. The van der Waals surface area contributed by atoms with Gasteiger partial charge < -0.3 is 14.9 Å². The zero-order chi connectivity index (χ0) is 14.3. The number of nitrogens with zero attached hydrogens (tertiary/aromatic N) is 2. The Hall–Kier alpha value is -1.43. The van der Waals surface area contributed by atoms with Gasteiger partial charge in [0.15, 0.2) is 5.82 Å². The molecular formula is C13H23N3O3. The normalized spacial score (nSPS) is 11.6. The minimum atomic E-state index is -0.395. The van der Waals surface area contributed by atoms with Gasteiger partial charge in [-0.3, -0.25) is 4.79 Å². The summed E-state index contributed by atoms with van der Waals surface area (Å²) in [7, 11) is 0. The minimum Gasteiger partial charge on any atom is -0.396 e. The van der Waals surface area contributed by atoms with Gasteiger partial charge in [0.1, 0.15) is 0 Å². The second-order valence-corrected chi connectivity index (χ2v) is 5.26. The molecule has 19 heavy (non-hydrogen) atoms. The van der Waals surface area contributed by atoms with E-state index in [0.717, 1.165) is 12.8 Å². The molecule has 0 unspecified atom stereocenters. The molecule has 108 valence electrons. The van der Waals surface area contributed by atoms with E-state index in [1.54, 1.807) is 0 Å². The third-order valence-corrected chi connectivity index (χ3v) is 2.76. The zero-order valence-electron chi connectivity index (χ0n) is 11.9. The summed E-state index contributed by atoms with van der Waals surface area (Å²) in [6.07, 6.45) is 3.04. The molecule has 1 amide bonds. The Morgan fingerprint density at radius 2 is 2.16 bits per heavy atom. The van der Waals surface area contributed by atoms with Crippen LogP contribution < -0.4 is 5.32 Å². The van der Waals surface area contributed by atoms with Crippen molar-refractivity contribution in [3.63, 3.8) is 0 Å². The van der Waals surface area contributed by atoms with Crippen molar-refractivity contribution in [2.75, 3.05) is 6.61 Å². The number of amides is 1. The number of aryl methyl sites for hydroxylation is 2. The lowest BCUT2D eigenvalue weighted by atomic mass is 10.0. The largest absolute Gasteiger partial charge is 0.396 e. The molecule has 0 spiro atoms. The molecule has 0 aliphatic carbocycles. The number of hydrogen-bond donors (Lipinski definition) is 2. The maximum Gasteiger partial charge on any atom is 0.227 e. The average molecular weight is 269 g/mol. The Bertz CT molecular complexity index is 402. The number of hydrogen-bond acceptors (Lipinski definition) is 5. The lowest BCUT2D eigenvalue weighted by Gasteiger charge is -2.25. The first-order valence-corrected chi connectivity index (χ1v) is 6.70. The molecule has 0 aromatic carbocycles. The summed E-state index contributed by atoms with van der Waals surface area (Å²) in [5, 5.41) is 15.6. The highest BCUT2D eigenvalue weighted by molar-refractivity contribution is 5.76. The van der Waals surface area contributed by atoms with E-state index >= 15 is 0 Å². The smallest absolute Gasteiger partial charge is 0.227 e. The maximum atomic E-state index is 11.8. The molecule has 6 heteroatoms. The Kier molecular flexibility index (Phi) is 5.95. The SMILES string of the molecule is CCCc1noc(CCC(=O)NC(C)(C)CCO)n1. The predicted octanol–water partition coefficient (Wildman–Crippen LogP) is 1.23. The molecule has 0 aliphatic heterocycles. The molecule has 1 aromatic heterocycles. The molecule has 6 nitrogen and oxygen atoms in total. The molecule has 0 bridgehead atoms. The Morgan fingerprint density at radius 1 is 1.42 bits per heavy atom. The lowest BCUT2D eigenvalue weighted by Crippen LogP contribution is -2.44. The molecule has 0 saturated carbocycles. The molecule has 0 fully saturated rings. The Labute approximate surface area is 113 Å². The Balaban J connectivity index is 2.37. The molecule has 0 aliphatic rings. The summed E-state index contributed by atoms with van der Waals surface area (Å²) in [4.78, 5) is 16.0. The summed E-state index contributed by atoms with van der Waals surface area (Å²) in [5.74, 6) is 1.12. The fraction of sp³-hybridized carbons (Fsp3) is 0.769. The highest BCUT2D eigenvalue weighted by Crippen LogP contribution is 2.08. The fourth-order valence-electron chi connectivity index (χ4n) is 1.72. The van der Waals surface area contributed by atoms with Gasteiger partial charge in [-0.2, -0.15) is 4.98 Å². The summed E-state index contributed by atoms with van der Waals surface area (Å²) >= 11 is 0. The number of aliphatic hydroxyl groups excluding tert-OH is 1. The standard InChI is InChI=1S/C13H23N3O3/c1-4-5-10-14-12(19-16-10)7-6-11(18)15-13(2,3)8-9-17/h17H,4-9H2,1-3H3,(H,15,18). The summed E-state index contributed by atoms with van der Waals surface area (Å²) < 4.78 is 5.06. The van der Waals surface area contributed by atoms with E-state index in [1.165, 1.54) is 0 Å². The van der Waals surface area contributed by atoms with E-state index in [0.29, 0.717) is 31.0 Å². The highest BCUT2D eigenvalue weighted by atomic mass is 16.5. The van der Waals surface area contributed by atoms with Crippen LogP contribution in [0.1, 0.15) is 51.7 Å². The number of carbonyl (C=O) groups excluding carboxylic acids is 1. The summed E-state index contributed by atoms with van der Waals surface area (Å²) in [6.45, 7) is 5.87. The van der Waals surface area contributed by atoms with Crippen LogP contribution in [0.25, 0.3) is 0 Å². The van der Waals surface area contributed by atoms with E-state index in [9.17, 15) is 4.79 Å². The molecule has 1 rings (SSSR count). The Morgan fingerprint density at radius 3 is 2.79 bits per heavy atom. The van der Waals surface area contributed by atoms with E-state index < -0.39 is 5.54 Å². The van der Waals surface area contributed by atoms with E-state index in [4.69, 9.17) is 9.63 Å². The predicted molar refractivity (Wildman–Crippen MR) is 70.5 cm³/mol. The van der Waals surface area contributed by atoms with Crippen LogP contribution in [-0.2, 0) is 17.6 Å². The molecule has 0 atom stereocenters. The fourth-order valence-corrected chi connectivity index (χ4v) is 1.72. The quantitative estimate of drug-likeness (QED) is 0.741. The van der Waals surface area contributed by atoms with Crippen molar-refractivity contribution >= 4 is 5.91 Å². The third kappa shape index (κ3) is 5.83. The molecule has 2 N–H and O–H groups in total. The third-order valence-electron chi connectivity index (χ3n) is 2.76. The van der Waals surface area contributed by atoms with Gasteiger partial charge in [-0.1, -0.05) is 12.1 Å². The van der Waals surface area contributed by atoms with Crippen LogP contribution in [0.2, 0.25) is 0 Å². The van der Waals surface area contributed by atoms with E-state index in [-0.39, 0.29) is 12.5 Å². The van der Waals surface area contributed by atoms with Crippen molar-refractivity contribution in [1.82, 2.24) is 15.5 Å². The topological polar surface area (TPSA) is 88.2 Å². The van der Waals surface area contributed by atoms with Crippen LogP contribution in [-0.4, -0.2) is 33.3 Å². The van der Waals surface area contributed by atoms with E-state index in [2.05, 4.69) is 15.5 Å². The van der Waals surface area contributed by atoms with Gasteiger partial charge in [0.25, 0.3) is 0 Å². The number of aliphatic hydroxyl groups is 1. The lowest BCUT2D eigenvalue weighted by molar-refractivity contribution is -0.122. The molecular weight excluding hydrogens is 246 g/mol. The van der Waals surface area contributed by atoms with Gasteiger partial charge in [-0.05, 0) is 26.7 Å². The van der Waals surface area contributed by atoms with Crippen molar-refractivity contribution in [2.45, 2.75) is 58.4 Å². The monoisotopic (exact) mass is 269 g/mol. The van der Waals surface area contributed by atoms with Crippen LogP contribution in [0.15, 0.2) is 4.52 Å². The number of rotatable bonds is 8. The number of aromatic nitrogens is 2. The van der Waals surface area contributed by atoms with Crippen molar-refractivity contribution in [3.8, 4) is 0 Å². The van der Waals surface area contributed by atoms with Crippen molar-refractivity contribution in [3.05, 3.63) is 11.7 Å². The first-order valence-electron chi connectivity index (χ1n) is 6.70. The average Bonchev–Trinajstić information content (AvgIpc) is 2.74. The second kappa shape index (κ2) is 7.23. The second-order valence-electron chi connectivity index (χ2n) is 5.26. The van der Waals surface area contributed by atoms with Crippen LogP contribution >= 0.6 is 0 Å². The van der Waals surface area contributed by atoms with E-state index in [1.807, 2.05) is 20.8 Å². The van der Waals surface area contributed by atoms with Crippen LogP contribution in [0.4, 0.5) is 0 Å². The number of nitrogens with one attached hydrogen (secondary N) is 1. The van der Waals surface area contributed by atoms with Crippen LogP contribution in [0.5, 0.6) is 0 Å². The van der Waals surface area contributed by atoms with Crippen LogP contribution in [0.3, 0.4) is 0 Å². The van der Waals surface area contributed by atoms with Crippen molar-refractivity contribution in [2.24, 2.45) is 0 Å². The minimum absolute atomic E-state index is 0.0529. The van der Waals surface area contributed by atoms with Gasteiger partial charge >= 0.3 is 0 Å². The summed E-state index contributed by atoms with van der Waals surface area (Å²) in [6, 6.07) is 0. The van der Waals surface area contributed by atoms with Gasteiger partial charge in [0.2, 0.25) is 11.8 Å². The first-order chi connectivity index (χ1) is 8.96. The zero-order valence-corrected chi connectivity index (χ0v) is 11.9.